The molecular weight excluding hydrogens is 1050 g/mol. The summed E-state index contributed by atoms with van der Waals surface area (Å²) in [5.74, 6) is -9.06. The number of carboxylic acids is 1. The SMILES string of the molecule is CN=C(NC)NCCC/C=C/CCCC(C)CC(C)C1OC(=O)C(C)C(O)/C=C\C(C)C(O)CC(O)C(C)C(O)CCC(C)C(O)CC2(O)OC(CC(OC(=O)CC(=O)O)CC(O)CC(O)C(C)C(O)/C=C\C=C/C1C)CC(O)C2O. The monoisotopic (exact) mass is 1160 g/mol. The number of carboxylic acid groups (broad SMARTS) is 1. The Balaban J connectivity index is 2.42. The van der Waals surface area contributed by atoms with Crippen molar-refractivity contribution in [1.29, 1.82) is 0 Å². The number of rotatable bonds is 14. The standard InChI is InChI=1S/C60H105N3O18/c1-35(19-15-13-11-12-14-18-26-63-59(61-9)62-10)27-39(5)56-38(4)20-16-17-21-46(65)40(6)50(69)29-43(64)28-44(79-55(75)33-54(73)74)30-45-31-52(71)57(76)60(78,81-45)34-53(72)37(3)23-24-47(66)41(7)51(70)32-49(68)36(2)22-25-48(67)42(8)58(77)80-56/h11-12,16-17,20-22,25,35-53,56-57,64-72,76,78H,13-15,18-19,23-24,26-34H2,1-10H3,(H,73,74)(H2,61,62,63)/b12-11+,20-16-,21-17-,25-22-. The second-order valence-corrected chi connectivity index (χ2v) is 23.6. The summed E-state index contributed by atoms with van der Waals surface area (Å²) in [5, 5.41) is 138. The Bertz CT molecular complexity index is 1970. The van der Waals surface area contributed by atoms with E-state index in [9.17, 15) is 75.7 Å². The third-order valence-electron chi connectivity index (χ3n) is 16.4. The normalized spacial score (nSPS) is 38.6. The van der Waals surface area contributed by atoms with Gasteiger partial charge in [0.15, 0.2) is 11.7 Å². The lowest BCUT2D eigenvalue weighted by molar-refractivity contribution is -0.333. The molecule has 2 heterocycles. The number of allylic oxidation sites excluding steroid dienone is 4. The van der Waals surface area contributed by atoms with Gasteiger partial charge in [0.1, 0.15) is 24.7 Å². The molecule has 2 bridgehead atoms. The molecule has 0 radical (unpaired) electrons. The Morgan fingerprint density at radius 1 is 0.753 bits per heavy atom. The molecule has 0 aromatic carbocycles. The van der Waals surface area contributed by atoms with Crippen LogP contribution < -0.4 is 10.6 Å². The summed E-state index contributed by atoms with van der Waals surface area (Å²) in [5.41, 5.74) is 0. The van der Waals surface area contributed by atoms with Crippen molar-refractivity contribution in [3.05, 3.63) is 48.6 Å². The van der Waals surface area contributed by atoms with Gasteiger partial charge in [-0.3, -0.25) is 19.4 Å². The number of unbranched alkanes of at least 4 members (excludes halogenated alkanes) is 2. The van der Waals surface area contributed by atoms with E-state index in [-0.39, 0.29) is 62.7 Å². The van der Waals surface area contributed by atoms with Gasteiger partial charge in [-0.1, -0.05) is 103 Å². The van der Waals surface area contributed by atoms with E-state index < -0.39 is 145 Å². The molecule has 0 amide bonds. The fourth-order valence-corrected chi connectivity index (χ4v) is 10.5. The summed E-state index contributed by atoms with van der Waals surface area (Å²) >= 11 is 0. The van der Waals surface area contributed by atoms with Crippen LogP contribution in [-0.4, -0.2) is 191 Å². The molecule has 1 saturated heterocycles. The van der Waals surface area contributed by atoms with Gasteiger partial charge in [-0.05, 0) is 76.0 Å². The maximum absolute atomic E-state index is 13.9. The molecule has 21 heteroatoms. The molecule has 2 rings (SSSR count). The van der Waals surface area contributed by atoms with E-state index in [2.05, 4.69) is 34.7 Å². The van der Waals surface area contributed by atoms with Crippen LogP contribution in [0.4, 0.5) is 0 Å². The number of ether oxygens (including phenoxy) is 3. The van der Waals surface area contributed by atoms with E-state index in [1.165, 1.54) is 12.2 Å². The fraction of sp³-hybridized carbons (Fsp3) is 0.800. The minimum atomic E-state index is -2.54. The molecule has 0 aromatic rings. The van der Waals surface area contributed by atoms with Gasteiger partial charge >= 0.3 is 17.9 Å². The molecule has 0 spiro atoms. The molecular formula is C60H105N3O18. The highest BCUT2D eigenvalue weighted by atomic mass is 16.7. The molecule has 0 aromatic heterocycles. The van der Waals surface area contributed by atoms with E-state index >= 15 is 0 Å². The number of aliphatic hydroxyl groups is 11. The van der Waals surface area contributed by atoms with Gasteiger partial charge in [-0.15, -0.1) is 0 Å². The molecule has 2 aliphatic rings. The summed E-state index contributed by atoms with van der Waals surface area (Å²) in [6.45, 7) is 14.9. The van der Waals surface area contributed by atoms with Crippen molar-refractivity contribution in [3.63, 3.8) is 0 Å². The van der Waals surface area contributed by atoms with Crippen molar-refractivity contribution >= 4 is 23.9 Å². The van der Waals surface area contributed by atoms with Gasteiger partial charge in [-0.25, -0.2) is 0 Å². The minimum Gasteiger partial charge on any atom is -0.481 e. The predicted molar refractivity (Wildman–Crippen MR) is 307 cm³/mol. The quantitative estimate of drug-likeness (QED) is 0.0295. The highest BCUT2D eigenvalue weighted by Gasteiger charge is 2.50. The number of hydrogen-bond acceptors (Lipinski definition) is 18. The number of aliphatic hydroxyl groups excluding tert-OH is 10. The third kappa shape index (κ3) is 26.7. The Kier molecular flexibility index (Phi) is 33.9. The number of esters is 2. The topological polar surface area (TPSA) is 358 Å². The van der Waals surface area contributed by atoms with E-state index in [0.717, 1.165) is 51.0 Å². The number of aliphatic imine (C=N–C) groups is 1. The van der Waals surface area contributed by atoms with Gasteiger partial charge in [0.05, 0.1) is 67.0 Å². The second-order valence-electron chi connectivity index (χ2n) is 23.6. The number of aliphatic carboxylic acids is 1. The number of hydrogen-bond donors (Lipinski definition) is 14. The average Bonchev–Trinajstić information content (AvgIpc) is 3.41. The molecule has 468 valence electrons. The molecule has 2 aliphatic heterocycles. The molecule has 1 fully saturated rings. The van der Waals surface area contributed by atoms with Crippen LogP contribution in [0.1, 0.15) is 152 Å². The van der Waals surface area contributed by atoms with Crippen LogP contribution in [-0.2, 0) is 28.6 Å². The highest BCUT2D eigenvalue weighted by Crippen LogP contribution is 2.36. The van der Waals surface area contributed by atoms with Crippen molar-refractivity contribution in [3.8, 4) is 0 Å². The maximum Gasteiger partial charge on any atom is 0.317 e. The highest BCUT2D eigenvalue weighted by molar-refractivity contribution is 5.90. The molecule has 81 heavy (non-hydrogen) atoms. The van der Waals surface area contributed by atoms with Crippen molar-refractivity contribution in [2.75, 3.05) is 20.6 Å². The number of cyclic esters (lactones) is 1. The molecule has 0 aliphatic carbocycles. The van der Waals surface area contributed by atoms with Crippen LogP contribution in [0.15, 0.2) is 53.6 Å². The fourth-order valence-electron chi connectivity index (χ4n) is 10.5. The van der Waals surface area contributed by atoms with Crippen molar-refractivity contribution in [2.45, 2.75) is 237 Å². The third-order valence-corrected chi connectivity index (χ3v) is 16.4. The Morgan fingerprint density at radius 2 is 1.40 bits per heavy atom. The smallest absolute Gasteiger partial charge is 0.317 e. The second kappa shape index (κ2) is 37.5. The van der Waals surface area contributed by atoms with Gasteiger partial charge in [0.25, 0.3) is 0 Å². The van der Waals surface area contributed by atoms with E-state index in [1.807, 2.05) is 27.0 Å². The lowest BCUT2D eigenvalue weighted by Gasteiger charge is -2.45. The lowest BCUT2D eigenvalue weighted by Crippen LogP contribution is -2.60. The summed E-state index contributed by atoms with van der Waals surface area (Å²) < 4.78 is 17.6. The molecule has 0 saturated carbocycles. The number of carbonyl (C=O) groups is 3. The predicted octanol–water partition coefficient (Wildman–Crippen LogP) is 3.56. The number of fused-ring (bicyclic) bond motifs is 2. The molecule has 21 nitrogen and oxygen atoms in total. The van der Waals surface area contributed by atoms with Gasteiger partial charge in [0.2, 0.25) is 0 Å². The zero-order valence-electron chi connectivity index (χ0n) is 49.8. The van der Waals surface area contributed by atoms with Crippen LogP contribution in [0.5, 0.6) is 0 Å². The summed E-state index contributed by atoms with van der Waals surface area (Å²) in [7, 11) is 3.55. The van der Waals surface area contributed by atoms with E-state index in [0.29, 0.717) is 0 Å². The van der Waals surface area contributed by atoms with Crippen LogP contribution in [0.25, 0.3) is 0 Å². The first-order valence-electron chi connectivity index (χ1n) is 29.4. The minimum absolute atomic E-state index is 0.0730. The maximum atomic E-state index is 13.9. The largest absolute Gasteiger partial charge is 0.481 e. The Hall–Kier alpha value is -3.84. The van der Waals surface area contributed by atoms with E-state index in [4.69, 9.17) is 14.2 Å². The summed E-state index contributed by atoms with van der Waals surface area (Å²) in [6.07, 6.45) is 0.0639. The first-order chi connectivity index (χ1) is 38.0. The van der Waals surface area contributed by atoms with Gasteiger partial charge < -0.3 is 86.1 Å². The number of carbonyl (C=O) groups excluding carboxylic acids is 2. The first-order valence-corrected chi connectivity index (χ1v) is 29.4. The summed E-state index contributed by atoms with van der Waals surface area (Å²) in [4.78, 5) is 42.0. The lowest BCUT2D eigenvalue weighted by atomic mass is 9.83. The molecule has 22 unspecified atom stereocenters. The summed E-state index contributed by atoms with van der Waals surface area (Å²) in [6, 6.07) is 0. The van der Waals surface area contributed by atoms with Gasteiger partial charge in [-0.2, -0.15) is 0 Å². The van der Waals surface area contributed by atoms with Crippen molar-refractivity contribution < 1.29 is 89.9 Å². The van der Waals surface area contributed by atoms with E-state index in [1.54, 1.807) is 59.9 Å². The van der Waals surface area contributed by atoms with Crippen LogP contribution in [0, 0.1) is 47.3 Å². The Labute approximate surface area is 481 Å². The van der Waals surface area contributed by atoms with Crippen molar-refractivity contribution in [1.82, 2.24) is 10.6 Å². The zero-order valence-corrected chi connectivity index (χ0v) is 49.8. The van der Waals surface area contributed by atoms with Crippen LogP contribution in [0.3, 0.4) is 0 Å². The van der Waals surface area contributed by atoms with Crippen LogP contribution in [0.2, 0.25) is 0 Å². The van der Waals surface area contributed by atoms with Crippen LogP contribution >= 0.6 is 0 Å². The zero-order chi connectivity index (χ0) is 61.1. The van der Waals surface area contributed by atoms with Gasteiger partial charge in [0, 0.05) is 76.4 Å². The number of nitrogens with one attached hydrogen (secondary N) is 2. The Morgan fingerprint density at radius 3 is 2.04 bits per heavy atom. The number of nitrogens with zero attached hydrogens (tertiary/aromatic N) is 1. The average molecular weight is 1160 g/mol. The first kappa shape index (κ1) is 73.3. The molecule has 22 atom stereocenters. The molecule has 14 N–H and O–H groups in total. The number of guanidine groups is 1. The van der Waals surface area contributed by atoms with Crippen molar-refractivity contribution in [2.24, 2.45) is 52.3 Å².